The number of anilines is 1. The molecule has 0 bridgehead atoms. The molecule has 0 fully saturated rings. The average Bonchev–Trinajstić information content (AvgIpc) is 2.89. The minimum atomic E-state index is -0.0412. The number of aromatic nitrogens is 2. The van der Waals surface area contributed by atoms with Crippen LogP contribution in [0.4, 0.5) is 5.82 Å². The molecule has 1 amide bonds. The Morgan fingerprint density at radius 1 is 1.29 bits per heavy atom. The molecule has 110 valence electrons. The summed E-state index contributed by atoms with van der Waals surface area (Å²) in [5, 5.41) is 9.64. The summed E-state index contributed by atoms with van der Waals surface area (Å²) in [4.78, 5) is 11.7. The molecular weight excluding hydrogens is 290 g/mol. The highest BCUT2D eigenvalue weighted by Gasteiger charge is 2.27. The highest BCUT2D eigenvalue weighted by atomic mass is 32.2. The highest BCUT2D eigenvalue weighted by Crippen LogP contribution is 2.44. The topological polar surface area (TPSA) is 76.2 Å². The van der Waals surface area contributed by atoms with E-state index in [-0.39, 0.29) is 11.2 Å². The molecule has 0 saturated heterocycles. The second-order valence-corrected chi connectivity index (χ2v) is 5.64. The van der Waals surface area contributed by atoms with Crippen LogP contribution in [0.15, 0.2) is 24.4 Å². The lowest BCUT2D eigenvalue weighted by atomic mass is 10.1. The lowest BCUT2D eigenvalue weighted by Crippen LogP contribution is -2.12. The number of hydrogen-bond donors (Lipinski definition) is 2. The predicted octanol–water partition coefficient (Wildman–Crippen LogP) is 2.20. The van der Waals surface area contributed by atoms with Crippen LogP contribution in [0, 0.1) is 0 Å². The van der Waals surface area contributed by atoms with Crippen molar-refractivity contribution in [3.63, 3.8) is 0 Å². The molecule has 1 atom stereocenters. The lowest BCUT2D eigenvalue weighted by Gasteiger charge is -2.17. The van der Waals surface area contributed by atoms with Gasteiger partial charge in [-0.15, -0.1) is 11.8 Å². The third-order valence-electron chi connectivity index (χ3n) is 3.32. The van der Waals surface area contributed by atoms with E-state index >= 15 is 0 Å². The molecule has 0 aliphatic carbocycles. The van der Waals surface area contributed by atoms with Crippen molar-refractivity contribution in [3.8, 4) is 11.5 Å². The van der Waals surface area contributed by atoms with Gasteiger partial charge in [0, 0.05) is 17.2 Å². The van der Waals surface area contributed by atoms with E-state index in [1.165, 1.54) is 0 Å². The Balaban J connectivity index is 2.06. The van der Waals surface area contributed by atoms with E-state index in [0.29, 0.717) is 11.6 Å². The summed E-state index contributed by atoms with van der Waals surface area (Å²) in [5.74, 6) is 2.44. The normalized spacial score (nSPS) is 17.6. The number of H-pyrrole nitrogens is 1. The number of fused-ring (bicyclic) bond motifs is 1. The number of nitrogens with zero attached hydrogens (tertiary/aromatic N) is 1. The van der Waals surface area contributed by atoms with Crippen LogP contribution in [0.25, 0.3) is 0 Å². The predicted molar refractivity (Wildman–Crippen MR) is 81.1 cm³/mol. The lowest BCUT2D eigenvalue weighted by molar-refractivity contribution is -0.113. The van der Waals surface area contributed by atoms with Gasteiger partial charge in [0.05, 0.1) is 31.4 Å². The molecule has 0 radical (unpaired) electrons. The summed E-state index contributed by atoms with van der Waals surface area (Å²) >= 11 is 1.54. The van der Waals surface area contributed by atoms with Crippen LogP contribution in [0.1, 0.15) is 16.4 Å². The summed E-state index contributed by atoms with van der Waals surface area (Å²) < 4.78 is 10.7. The molecule has 7 heteroatoms. The Labute approximate surface area is 126 Å². The highest BCUT2D eigenvalue weighted by molar-refractivity contribution is 8.00. The zero-order chi connectivity index (χ0) is 14.8. The first-order valence-corrected chi connectivity index (χ1v) is 7.44. The first-order valence-electron chi connectivity index (χ1n) is 6.39. The molecule has 2 N–H and O–H groups in total. The van der Waals surface area contributed by atoms with E-state index < -0.39 is 0 Å². The summed E-state index contributed by atoms with van der Waals surface area (Å²) in [6.45, 7) is 0. The van der Waals surface area contributed by atoms with E-state index in [0.717, 1.165) is 22.6 Å². The fraction of sp³-hybridized carbons (Fsp3) is 0.286. The maximum atomic E-state index is 11.7. The molecule has 1 aliphatic rings. The second-order valence-electron chi connectivity index (χ2n) is 4.55. The van der Waals surface area contributed by atoms with Gasteiger partial charge in [0.25, 0.3) is 0 Å². The standard InChI is InChI=1S/C14H15N3O3S/c1-19-8-3-4-9(11(5-8)20-2)13-10-6-15-17-14(10)16-12(18)7-21-13/h3-6,13H,7H2,1-2H3,(H2,15,16,17,18)/t13-/m1/s1. The van der Waals surface area contributed by atoms with Crippen LogP contribution in [-0.2, 0) is 4.79 Å². The average molecular weight is 305 g/mol. The number of thioether (sulfide) groups is 1. The Hall–Kier alpha value is -2.15. The zero-order valence-corrected chi connectivity index (χ0v) is 12.5. The Bertz CT molecular complexity index is 671. The van der Waals surface area contributed by atoms with Crippen LogP contribution in [0.2, 0.25) is 0 Å². The van der Waals surface area contributed by atoms with Crippen LogP contribution in [0.5, 0.6) is 11.5 Å². The molecule has 1 aromatic heterocycles. The van der Waals surface area contributed by atoms with Crippen molar-refractivity contribution >= 4 is 23.5 Å². The van der Waals surface area contributed by atoms with Crippen molar-refractivity contribution in [2.45, 2.75) is 5.25 Å². The molecule has 0 saturated carbocycles. The van der Waals surface area contributed by atoms with Gasteiger partial charge in [-0.2, -0.15) is 5.10 Å². The summed E-state index contributed by atoms with van der Waals surface area (Å²) in [7, 11) is 3.24. The Kier molecular flexibility index (Phi) is 3.74. The SMILES string of the molecule is COc1ccc([C@H]2SCC(=O)Nc3[nH]ncc32)c(OC)c1. The molecule has 21 heavy (non-hydrogen) atoms. The number of carbonyl (C=O) groups excluding carboxylic acids is 1. The smallest absolute Gasteiger partial charge is 0.235 e. The third kappa shape index (κ3) is 2.56. The molecule has 3 rings (SSSR count). The molecular formula is C14H15N3O3S. The fourth-order valence-corrected chi connectivity index (χ4v) is 3.43. The van der Waals surface area contributed by atoms with Crippen molar-refractivity contribution in [2.24, 2.45) is 0 Å². The molecule has 1 aromatic carbocycles. The van der Waals surface area contributed by atoms with Gasteiger partial charge in [0.2, 0.25) is 5.91 Å². The number of aromatic amines is 1. The van der Waals surface area contributed by atoms with E-state index in [2.05, 4.69) is 15.5 Å². The summed E-state index contributed by atoms with van der Waals surface area (Å²) in [6.07, 6.45) is 1.74. The molecule has 2 aromatic rings. The quantitative estimate of drug-likeness (QED) is 0.909. The first kappa shape index (κ1) is 13.8. The van der Waals surface area contributed by atoms with Crippen LogP contribution < -0.4 is 14.8 Å². The van der Waals surface area contributed by atoms with Crippen molar-refractivity contribution in [3.05, 3.63) is 35.5 Å². The van der Waals surface area contributed by atoms with E-state index in [1.807, 2.05) is 18.2 Å². The second kappa shape index (κ2) is 5.69. The number of carbonyl (C=O) groups is 1. The minimum Gasteiger partial charge on any atom is -0.497 e. The van der Waals surface area contributed by atoms with Crippen molar-refractivity contribution in [1.82, 2.24) is 10.2 Å². The maximum absolute atomic E-state index is 11.7. The summed E-state index contributed by atoms with van der Waals surface area (Å²) in [5.41, 5.74) is 1.93. The number of methoxy groups -OCH3 is 2. The molecule has 0 spiro atoms. The van der Waals surface area contributed by atoms with E-state index in [1.54, 1.807) is 32.2 Å². The van der Waals surface area contributed by atoms with Gasteiger partial charge in [-0.25, -0.2) is 0 Å². The monoisotopic (exact) mass is 305 g/mol. The summed E-state index contributed by atoms with van der Waals surface area (Å²) in [6, 6.07) is 5.69. The minimum absolute atomic E-state index is 0.0291. The molecule has 2 heterocycles. The van der Waals surface area contributed by atoms with Gasteiger partial charge in [0.1, 0.15) is 17.3 Å². The number of ether oxygens (including phenoxy) is 2. The molecule has 6 nitrogen and oxygen atoms in total. The van der Waals surface area contributed by atoms with Gasteiger partial charge in [-0.1, -0.05) is 6.07 Å². The number of benzene rings is 1. The van der Waals surface area contributed by atoms with Crippen molar-refractivity contribution in [1.29, 1.82) is 0 Å². The first-order chi connectivity index (χ1) is 10.2. The maximum Gasteiger partial charge on any atom is 0.235 e. The third-order valence-corrected chi connectivity index (χ3v) is 4.59. The van der Waals surface area contributed by atoms with Gasteiger partial charge >= 0.3 is 0 Å². The number of rotatable bonds is 3. The van der Waals surface area contributed by atoms with Crippen molar-refractivity contribution < 1.29 is 14.3 Å². The largest absolute Gasteiger partial charge is 0.497 e. The fourth-order valence-electron chi connectivity index (χ4n) is 2.31. The molecule has 0 unspecified atom stereocenters. The van der Waals surface area contributed by atoms with Gasteiger partial charge in [-0.3, -0.25) is 9.89 Å². The van der Waals surface area contributed by atoms with Crippen molar-refractivity contribution in [2.75, 3.05) is 25.3 Å². The Morgan fingerprint density at radius 3 is 2.90 bits per heavy atom. The van der Waals surface area contributed by atoms with Gasteiger partial charge < -0.3 is 14.8 Å². The van der Waals surface area contributed by atoms with Crippen LogP contribution >= 0.6 is 11.8 Å². The zero-order valence-electron chi connectivity index (χ0n) is 11.7. The van der Waals surface area contributed by atoms with Crippen LogP contribution in [0.3, 0.4) is 0 Å². The van der Waals surface area contributed by atoms with E-state index in [9.17, 15) is 4.79 Å². The van der Waals surface area contributed by atoms with E-state index in [4.69, 9.17) is 9.47 Å². The number of nitrogens with one attached hydrogen (secondary N) is 2. The Morgan fingerprint density at radius 2 is 2.14 bits per heavy atom. The van der Waals surface area contributed by atoms with Gasteiger partial charge in [-0.05, 0) is 6.07 Å². The molecule has 1 aliphatic heterocycles. The number of hydrogen-bond acceptors (Lipinski definition) is 5. The van der Waals surface area contributed by atoms with Crippen LogP contribution in [-0.4, -0.2) is 36.1 Å². The van der Waals surface area contributed by atoms with Gasteiger partial charge in [0.15, 0.2) is 0 Å². The number of amides is 1.